The molecule has 1 aromatic heterocycles. The number of halogens is 1. The Balaban J connectivity index is 2.28. The first-order valence-electron chi connectivity index (χ1n) is 3.88. The number of nitrogens with zero attached hydrogens (tertiary/aromatic N) is 1. The van der Waals surface area contributed by atoms with Crippen molar-refractivity contribution in [3.8, 4) is 0 Å². The summed E-state index contributed by atoms with van der Waals surface area (Å²) in [5, 5.41) is 1.10. The predicted octanol–water partition coefficient (Wildman–Crippen LogP) is 2.80. The molecule has 0 aliphatic carbocycles. The van der Waals surface area contributed by atoms with Gasteiger partial charge in [0.1, 0.15) is 0 Å². The van der Waals surface area contributed by atoms with Crippen molar-refractivity contribution in [3.05, 3.63) is 30.1 Å². The maximum Gasteiger partial charge on any atom is 0.0299 e. The van der Waals surface area contributed by atoms with E-state index < -0.39 is 0 Å². The largest absolute Gasteiger partial charge is 0.264 e. The van der Waals surface area contributed by atoms with E-state index in [1.165, 1.54) is 18.4 Å². The molecule has 0 radical (unpaired) electrons. The minimum Gasteiger partial charge on any atom is -0.264 e. The maximum atomic E-state index is 4.05. The van der Waals surface area contributed by atoms with Crippen LogP contribution in [0.4, 0.5) is 0 Å². The molecular weight excluding hydrogens is 202 g/mol. The molecule has 0 aromatic carbocycles. The topological polar surface area (TPSA) is 12.9 Å². The molecule has 2 heteroatoms. The van der Waals surface area contributed by atoms with Crippen molar-refractivity contribution in [3.63, 3.8) is 0 Å². The number of unbranched alkanes of at least 4 members (excludes halogenated alkanes) is 1. The van der Waals surface area contributed by atoms with Crippen LogP contribution < -0.4 is 0 Å². The molecule has 0 bridgehead atoms. The molecule has 0 aliphatic heterocycles. The van der Waals surface area contributed by atoms with E-state index >= 15 is 0 Å². The second-order valence-corrected chi connectivity index (χ2v) is 3.30. The van der Waals surface area contributed by atoms with Gasteiger partial charge in [-0.05, 0) is 30.9 Å². The lowest BCUT2D eigenvalue weighted by Crippen LogP contribution is -1.86. The van der Waals surface area contributed by atoms with Crippen LogP contribution in [0.1, 0.15) is 18.4 Å². The second kappa shape index (κ2) is 5.30. The zero-order valence-corrected chi connectivity index (χ0v) is 8.05. The quantitative estimate of drug-likeness (QED) is 0.554. The molecule has 1 heterocycles. The number of aryl methyl sites for hydroxylation is 1. The van der Waals surface area contributed by atoms with Crippen LogP contribution in [-0.2, 0) is 6.42 Å². The van der Waals surface area contributed by atoms with Crippen molar-refractivity contribution in [2.24, 2.45) is 0 Å². The molecule has 0 saturated heterocycles. The van der Waals surface area contributed by atoms with Gasteiger partial charge in [-0.1, -0.05) is 22.0 Å². The predicted molar refractivity (Wildman–Crippen MR) is 51.0 cm³/mol. The SMILES string of the molecule is BrCCCCc1cccnc1. The van der Waals surface area contributed by atoms with E-state index in [9.17, 15) is 0 Å². The monoisotopic (exact) mass is 213 g/mol. The van der Waals surface area contributed by atoms with E-state index in [4.69, 9.17) is 0 Å². The van der Waals surface area contributed by atoms with Crippen LogP contribution in [0, 0.1) is 0 Å². The van der Waals surface area contributed by atoms with E-state index in [1.807, 2.05) is 18.5 Å². The summed E-state index contributed by atoms with van der Waals surface area (Å²) >= 11 is 3.41. The number of hydrogen-bond acceptors (Lipinski definition) is 1. The number of pyridine rings is 1. The normalized spacial score (nSPS) is 9.91. The molecule has 60 valence electrons. The minimum absolute atomic E-state index is 1.10. The van der Waals surface area contributed by atoms with Gasteiger partial charge in [0.25, 0.3) is 0 Å². The Morgan fingerprint density at radius 2 is 2.27 bits per heavy atom. The van der Waals surface area contributed by atoms with E-state index in [-0.39, 0.29) is 0 Å². The summed E-state index contributed by atoms with van der Waals surface area (Å²) in [4.78, 5) is 4.05. The fourth-order valence-corrected chi connectivity index (χ4v) is 1.37. The van der Waals surface area contributed by atoms with E-state index in [0.717, 1.165) is 11.8 Å². The van der Waals surface area contributed by atoms with Crippen LogP contribution in [0.3, 0.4) is 0 Å². The molecule has 0 unspecified atom stereocenters. The minimum atomic E-state index is 1.10. The highest BCUT2D eigenvalue weighted by atomic mass is 79.9. The van der Waals surface area contributed by atoms with Crippen molar-refractivity contribution in [2.75, 3.05) is 5.33 Å². The zero-order chi connectivity index (χ0) is 7.94. The van der Waals surface area contributed by atoms with Gasteiger partial charge in [0.15, 0.2) is 0 Å². The van der Waals surface area contributed by atoms with E-state index in [0.29, 0.717) is 0 Å². The Hall–Kier alpha value is -0.370. The van der Waals surface area contributed by atoms with E-state index in [1.54, 1.807) is 0 Å². The average molecular weight is 214 g/mol. The smallest absolute Gasteiger partial charge is 0.0299 e. The number of aromatic nitrogens is 1. The van der Waals surface area contributed by atoms with Gasteiger partial charge in [-0.15, -0.1) is 0 Å². The van der Waals surface area contributed by atoms with Crippen molar-refractivity contribution in [1.82, 2.24) is 4.98 Å². The van der Waals surface area contributed by atoms with Crippen molar-refractivity contribution in [2.45, 2.75) is 19.3 Å². The lowest BCUT2D eigenvalue weighted by Gasteiger charge is -1.97. The van der Waals surface area contributed by atoms with Gasteiger partial charge in [0.2, 0.25) is 0 Å². The number of hydrogen-bond donors (Lipinski definition) is 0. The third-order valence-electron chi connectivity index (χ3n) is 1.57. The summed E-state index contributed by atoms with van der Waals surface area (Å²) in [7, 11) is 0. The summed E-state index contributed by atoms with van der Waals surface area (Å²) in [6, 6.07) is 4.12. The summed E-state index contributed by atoms with van der Waals surface area (Å²) in [5.41, 5.74) is 1.34. The Kier molecular flexibility index (Phi) is 4.21. The third kappa shape index (κ3) is 3.51. The molecule has 0 atom stereocenters. The number of rotatable bonds is 4. The van der Waals surface area contributed by atoms with Crippen molar-refractivity contribution >= 4 is 15.9 Å². The number of alkyl halides is 1. The molecule has 1 rings (SSSR count). The van der Waals surface area contributed by atoms with Crippen molar-refractivity contribution in [1.29, 1.82) is 0 Å². The highest BCUT2D eigenvalue weighted by molar-refractivity contribution is 9.09. The van der Waals surface area contributed by atoms with Gasteiger partial charge in [0, 0.05) is 17.7 Å². The lowest BCUT2D eigenvalue weighted by atomic mass is 10.1. The molecule has 1 nitrogen and oxygen atoms in total. The fourth-order valence-electron chi connectivity index (χ4n) is 0.970. The highest BCUT2D eigenvalue weighted by Gasteiger charge is 1.90. The van der Waals surface area contributed by atoms with E-state index in [2.05, 4.69) is 27.0 Å². The zero-order valence-electron chi connectivity index (χ0n) is 6.46. The first-order valence-corrected chi connectivity index (χ1v) is 5.00. The lowest BCUT2D eigenvalue weighted by molar-refractivity contribution is 0.803. The highest BCUT2D eigenvalue weighted by Crippen LogP contribution is 2.03. The summed E-state index contributed by atoms with van der Waals surface area (Å²) in [5.74, 6) is 0. The Morgan fingerprint density at radius 3 is 2.91 bits per heavy atom. The summed E-state index contributed by atoms with van der Waals surface area (Å²) in [6.07, 6.45) is 7.40. The fraction of sp³-hybridized carbons (Fsp3) is 0.444. The molecule has 0 saturated carbocycles. The van der Waals surface area contributed by atoms with Gasteiger partial charge in [-0.3, -0.25) is 4.98 Å². The van der Waals surface area contributed by atoms with Gasteiger partial charge in [0.05, 0.1) is 0 Å². The van der Waals surface area contributed by atoms with Crippen LogP contribution in [0.5, 0.6) is 0 Å². The first kappa shape index (κ1) is 8.72. The maximum absolute atomic E-state index is 4.05. The molecule has 0 N–H and O–H groups in total. The van der Waals surface area contributed by atoms with Crippen LogP contribution in [0.15, 0.2) is 24.5 Å². The molecular formula is C9H12BrN. The Morgan fingerprint density at radius 1 is 1.36 bits per heavy atom. The first-order chi connectivity index (χ1) is 5.43. The van der Waals surface area contributed by atoms with Gasteiger partial charge in [-0.2, -0.15) is 0 Å². The molecule has 11 heavy (non-hydrogen) atoms. The Labute approximate surface area is 76.0 Å². The average Bonchev–Trinajstić information content (AvgIpc) is 2.07. The second-order valence-electron chi connectivity index (χ2n) is 2.51. The van der Waals surface area contributed by atoms with Crippen molar-refractivity contribution < 1.29 is 0 Å². The molecule has 1 aromatic rings. The third-order valence-corrected chi connectivity index (χ3v) is 2.13. The molecule has 0 amide bonds. The van der Waals surface area contributed by atoms with Crippen LogP contribution in [0.25, 0.3) is 0 Å². The summed E-state index contributed by atoms with van der Waals surface area (Å²) in [6.45, 7) is 0. The molecule has 0 aliphatic rings. The van der Waals surface area contributed by atoms with Crippen LogP contribution >= 0.6 is 15.9 Å². The Bertz CT molecular complexity index is 186. The van der Waals surface area contributed by atoms with Gasteiger partial charge >= 0.3 is 0 Å². The molecule has 0 spiro atoms. The molecule has 0 fully saturated rings. The van der Waals surface area contributed by atoms with Gasteiger partial charge < -0.3 is 0 Å². The summed E-state index contributed by atoms with van der Waals surface area (Å²) < 4.78 is 0. The van der Waals surface area contributed by atoms with Crippen LogP contribution in [0.2, 0.25) is 0 Å². The standard InChI is InChI=1S/C9H12BrN/c10-6-2-1-4-9-5-3-7-11-8-9/h3,5,7-8H,1-2,4,6H2. The van der Waals surface area contributed by atoms with Gasteiger partial charge in [-0.25, -0.2) is 0 Å². The van der Waals surface area contributed by atoms with Crippen LogP contribution in [-0.4, -0.2) is 10.3 Å².